The molecule has 1 amide bonds. The minimum Gasteiger partial charge on any atom is -0.462 e. The molecule has 0 aliphatic rings. The lowest BCUT2D eigenvalue weighted by Crippen LogP contribution is -2.12. The van der Waals surface area contributed by atoms with Gasteiger partial charge in [0.2, 0.25) is 0 Å². The number of carbonyl (C=O) groups is 2. The van der Waals surface area contributed by atoms with E-state index in [1.54, 1.807) is 31.2 Å². The fraction of sp³-hybridized carbons (Fsp3) is 0.105. The van der Waals surface area contributed by atoms with Crippen LogP contribution >= 0.6 is 22.9 Å². The number of hydrogen-bond donors (Lipinski definition) is 1. The number of aromatic nitrogens is 1. The van der Waals surface area contributed by atoms with Crippen LogP contribution in [0.1, 0.15) is 27.0 Å². The number of anilines is 1. The molecule has 0 aliphatic heterocycles. The Labute approximate surface area is 174 Å². The summed E-state index contributed by atoms with van der Waals surface area (Å²) >= 11 is 6.97. The third-order valence-corrected chi connectivity index (χ3v) is 5.03. The summed E-state index contributed by atoms with van der Waals surface area (Å²) in [4.78, 5) is 39.7. The monoisotopic (exact) mass is 431 g/mol. The summed E-state index contributed by atoms with van der Waals surface area (Å²) in [5.41, 5.74) is 0.906. The number of nitro groups is 1. The van der Waals surface area contributed by atoms with Crippen LogP contribution in [0.2, 0.25) is 5.02 Å². The topological polar surface area (TPSA) is 111 Å². The molecule has 3 rings (SSSR count). The highest BCUT2D eigenvalue weighted by Gasteiger charge is 2.22. The second-order valence-electron chi connectivity index (χ2n) is 5.66. The number of nitro benzene ring substituents is 1. The second-order valence-corrected chi connectivity index (χ2v) is 7.06. The van der Waals surface area contributed by atoms with Crippen LogP contribution in [0, 0.1) is 10.1 Å². The van der Waals surface area contributed by atoms with Crippen molar-refractivity contribution in [1.29, 1.82) is 0 Å². The van der Waals surface area contributed by atoms with Gasteiger partial charge in [-0.25, -0.2) is 9.78 Å². The maximum absolute atomic E-state index is 12.6. The molecule has 8 nitrogen and oxygen atoms in total. The van der Waals surface area contributed by atoms with Gasteiger partial charge in [0, 0.05) is 17.7 Å². The van der Waals surface area contributed by atoms with Crippen molar-refractivity contribution in [1.82, 2.24) is 4.98 Å². The number of ether oxygens (including phenoxy) is 1. The van der Waals surface area contributed by atoms with Crippen LogP contribution in [0.15, 0.2) is 48.5 Å². The third-order valence-electron chi connectivity index (χ3n) is 3.76. The summed E-state index contributed by atoms with van der Waals surface area (Å²) in [6, 6.07) is 12.6. The smallest absolute Gasteiger partial charge is 0.350 e. The molecule has 1 heterocycles. The Bertz CT molecular complexity index is 1080. The molecule has 0 saturated heterocycles. The largest absolute Gasteiger partial charge is 0.462 e. The molecular formula is C19H14ClN3O5S. The van der Waals surface area contributed by atoms with Crippen LogP contribution in [-0.2, 0) is 4.74 Å². The first kappa shape index (κ1) is 20.4. The fourth-order valence-corrected chi connectivity index (χ4v) is 3.60. The summed E-state index contributed by atoms with van der Waals surface area (Å²) in [5.74, 6) is -1.15. The maximum Gasteiger partial charge on any atom is 0.350 e. The van der Waals surface area contributed by atoms with Gasteiger partial charge < -0.3 is 4.74 Å². The number of non-ortho nitro benzene ring substituents is 1. The highest BCUT2D eigenvalue weighted by molar-refractivity contribution is 7.18. The van der Waals surface area contributed by atoms with E-state index in [-0.39, 0.29) is 32.9 Å². The Balaban J connectivity index is 1.92. The Kier molecular flexibility index (Phi) is 6.20. The number of hydrogen-bond acceptors (Lipinski definition) is 7. The molecule has 0 bridgehead atoms. The van der Waals surface area contributed by atoms with Gasteiger partial charge >= 0.3 is 5.97 Å². The van der Waals surface area contributed by atoms with Crippen molar-refractivity contribution < 1.29 is 19.2 Å². The van der Waals surface area contributed by atoms with E-state index in [1.807, 2.05) is 6.07 Å². The Hall–Kier alpha value is -3.30. The van der Waals surface area contributed by atoms with Crippen molar-refractivity contribution in [3.8, 4) is 11.3 Å². The number of halogens is 1. The van der Waals surface area contributed by atoms with Gasteiger partial charge in [0.15, 0.2) is 5.13 Å². The zero-order valence-electron chi connectivity index (χ0n) is 15.0. The quantitative estimate of drug-likeness (QED) is 0.341. The van der Waals surface area contributed by atoms with Gasteiger partial charge in [-0.05, 0) is 13.0 Å². The lowest BCUT2D eigenvalue weighted by Gasteiger charge is -2.04. The van der Waals surface area contributed by atoms with Crippen LogP contribution in [0.3, 0.4) is 0 Å². The molecule has 0 radical (unpaired) electrons. The van der Waals surface area contributed by atoms with Gasteiger partial charge in [0.25, 0.3) is 11.6 Å². The predicted molar refractivity (Wildman–Crippen MR) is 110 cm³/mol. The number of carbonyl (C=O) groups excluding carboxylic acids is 2. The molecule has 0 spiro atoms. The van der Waals surface area contributed by atoms with E-state index in [0.717, 1.165) is 17.4 Å². The number of rotatable bonds is 6. The van der Waals surface area contributed by atoms with Crippen LogP contribution in [0.5, 0.6) is 0 Å². The van der Waals surface area contributed by atoms with Crippen LogP contribution in [-0.4, -0.2) is 28.4 Å². The first-order valence-electron chi connectivity index (χ1n) is 8.39. The SMILES string of the molecule is CCOC(=O)c1sc(NC(=O)c2ccc([N+](=O)[O-])cc2Cl)nc1-c1ccccc1. The lowest BCUT2D eigenvalue weighted by molar-refractivity contribution is -0.384. The van der Waals surface area contributed by atoms with E-state index in [9.17, 15) is 19.7 Å². The first-order valence-corrected chi connectivity index (χ1v) is 9.58. The minimum atomic E-state index is -0.605. The van der Waals surface area contributed by atoms with Crippen LogP contribution < -0.4 is 5.32 Å². The van der Waals surface area contributed by atoms with E-state index in [4.69, 9.17) is 16.3 Å². The van der Waals surface area contributed by atoms with Gasteiger partial charge in [-0.3, -0.25) is 20.2 Å². The molecule has 1 aromatic heterocycles. The van der Waals surface area contributed by atoms with Crippen molar-refractivity contribution in [2.75, 3.05) is 11.9 Å². The minimum absolute atomic E-state index is 0.0476. The number of nitrogens with one attached hydrogen (secondary N) is 1. The Morgan fingerprint density at radius 3 is 2.59 bits per heavy atom. The molecule has 0 saturated carbocycles. The van der Waals surface area contributed by atoms with Gasteiger partial charge in [-0.2, -0.15) is 0 Å². The van der Waals surface area contributed by atoms with Crippen molar-refractivity contribution >= 4 is 45.6 Å². The number of benzene rings is 2. The highest BCUT2D eigenvalue weighted by Crippen LogP contribution is 2.32. The van der Waals surface area contributed by atoms with Gasteiger partial charge in [-0.1, -0.05) is 53.3 Å². The van der Waals surface area contributed by atoms with Gasteiger partial charge in [0.1, 0.15) is 4.88 Å². The van der Waals surface area contributed by atoms with E-state index >= 15 is 0 Å². The lowest BCUT2D eigenvalue weighted by atomic mass is 10.1. The van der Waals surface area contributed by atoms with Crippen LogP contribution in [0.25, 0.3) is 11.3 Å². The molecule has 10 heteroatoms. The van der Waals surface area contributed by atoms with E-state index in [2.05, 4.69) is 10.3 Å². The molecular weight excluding hydrogens is 418 g/mol. The molecule has 148 valence electrons. The Morgan fingerprint density at radius 1 is 1.24 bits per heavy atom. The summed E-state index contributed by atoms with van der Waals surface area (Å²) < 4.78 is 5.08. The van der Waals surface area contributed by atoms with Crippen LogP contribution in [0.4, 0.5) is 10.8 Å². The average Bonchev–Trinajstić information content (AvgIpc) is 3.12. The Morgan fingerprint density at radius 2 is 1.97 bits per heavy atom. The molecule has 0 fully saturated rings. The van der Waals surface area contributed by atoms with Crippen molar-refractivity contribution in [3.63, 3.8) is 0 Å². The second kappa shape index (κ2) is 8.80. The zero-order valence-corrected chi connectivity index (χ0v) is 16.6. The standard InChI is InChI=1S/C19H14ClN3O5S/c1-2-28-18(25)16-15(11-6-4-3-5-7-11)21-19(29-16)22-17(24)13-9-8-12(23(26)27)10-14(13)20/h3-10H,2H2,1H3,(H,21,22,24). The third kappa shape index (κ3) is 4.58. The number of thiazole rings is 1. The maximum atomic E-state index is 12.6. The summed E-state index contributed by atoms with van der Waals surface area (Å²) in [7, 11) is 0. The van der Waals surface area contributed by atoms with Crippen molar-refractivity contribution in [2.24, 2.45) is 0 Å². The number of amides is 1. The number of esters is 1. The zero-order chi connectivity index (χ0) is 21.0. The predicted octanol–water partition coefficient (Wildman–Crippen LogP) is 4.80. The molecule has 29 heavy (non-hydrogen) atoms. The van der Waals surface area contributed by atoms with Gasteiger partial charge in [0.05, 0.1) is 27.8 Å². The van der Waals surface area contributed by atoms with E-state index < -0.39 is 16.8 Å². The van der Waals surface area contributed by atoms with Crippen molar-refractivity contribution in [2.45, 2.75) is 6.92 Å². The molecule has 0 unspecified atom stereocenters. The summed E-state index contributed by atoms with van der Waals surface area (Å²) in [6.45, 7) is 1.89. The van der Waals surface area contributed by atoms with E-state index in [0.29, 0.717) is 11.3 Å². The summed E-state index contributed by atoms with van der Waals surface area (Å²) in [6.07, 6.45) is 0. The molecule has 1 N–H and O–H groups in total. The molecule has 2 aromatic carbocycles. The van der Waals surface area contributed by atoms with E-state index in [1.165, 1.54) is 12.1 Å². The molecule has 3 aromatic rings. The number of nitrogens with zero attached hydrogens (tertiary/aromatic N) is 2. The normalized spacial score (nSPS) is 10.4. The van der Waals surface area contributed by atoms with Gasteiger partial charge in [-0.15, -0.1) is 0 Å². The highest BCUT2D eigenvalue weighted by atomic mass is 35.5. The fourth-order valence-electron chi connectivity index (χ4n) is 2.47. The summed E-state index contributed by atoms with van der Waals surface area (Å²) in [5, 5.41) is 13.5. The van der Waals surface area contributed by atoms with Crippen molar-refractivity contribution in [3.05, 3.63) is 74.1 Å². The molecule has 0 aliphatic carbocycles. The molecule has 0 atom stereocenters. The average molecular weight is 432 g/mol. The first-order chi connectivity index (χ1) is 13.9.